The normalized spacial score (nSPS) is 17.7. The van der Waals surface area contributed by atoms with Crippen LogP contribution in [0.15, 0.2) is 6.07 Å². The summed E-state index contributed by atoms with van der Waals surface area (Å²) in [5.74, 6) is -0.0369. The molecule has 5 nitrogen and oxygen atoms in total. The summed E-state index contributed by atoms with van der Waals surface area (Å²) in [5.41, 5.74) is -1.57. The topological polar surface area (TPSA) is 70.1 Å². The first kappa shape index (κ1) is 13.9. The lowest BCUT2D eigenvalue weighted by molar-refractivity contribution is -0.141. The fourth-order valence-electron chi connectivity index (χ4n) is 1.97. The molecule has 0 aromatic carbocycles. The van der Waals surface area contributed by atoms with Crippen LogP contribution < -0.4 is 10.6 Å². The summed E-state index contributed by atoms with van der Waals surface area (Å²) in [6.07, 6.45) is -2.17. The molecule has 0 saturated heterocycles. The molecule has 1 aliphatic carbocycles. The molecule has 1 saturated carbocycles. The van der Waals surface area contributed by atoms with Gasteiger partial charge in [-0.1, -0.05) is 0 Å². The Morgan fingerprint density at radius 1 is 1.37 bits per heavy atom. The summed E-state index contributed by atoms with van der Waals surface area (Å²) in [6, 6.07) is 0.858. The van der Waals surface area contributed by atoms with E-state index >= 15 is 0 Å². The summed E-state index contributed by atoms with van der Waals surface area (Å²) >= 11 is 0. The van der Waals surface area contributed by atoms with Crippen molar-refractivity contribution in [2.45, 2.75) is 31.0 Å². The molecule has 0 spiro atoms. The zero-order chi connectivity index (χ0) is 14.1. The number of anilines is 2. The Morgan fingerprint density at radius 2 is 2.05 bits per heavy atom. The molecule has 0 aliphatic heterocycles. The Balaban J connectivity index is 2.29. The molecule has 106 valence electrons. The van der Waals surface area contributed by atoms with E-state index in [1.165, 1.54) is 7.05 Å². The lowest BCUT2D eigenvalue weighted by Crippen LogP contribution is -2.48. The number of nitrogens with one attached hydrogen (secondary N) is 2. The molecule has 0 unspecified atom stereocenters. The lowest BCUT2D eigenvalue weighted by Gasteiger charge is -2.41. The number of nitrogens with zero attached hydrogens (tertiary/aromatic N) is 2. The van der Waals surface area contributed by atoms with Crippen LogP contribution in [-0.4, -0.2) is 34.3 Å². The highest BCUT2D eigenvalue weighted by Crippen LogP contribution is 2.36. The van der Waals surface area contributed by atoms with E-state index in [2.05, 4.69) is 20.6 Å². The Kier molecular flexibility index (Phi) is 3.53. The summed E-state index contributed by atoms with van der Waals surface area (Å²) in [4.78, 5) is 7.31. The standard InChI is InChI=1S/C11H15F3N4O/c1-15-9-16-7(11(12,13)14)5-8(17-9)18-10(6-19)3-2-4-10/h5,19H,2-4,6H2,1H3,(H2,15,16,17,18). The lowest BCUT2D eigenvalue weighted by atomic mass is 9.77. The first-order valence-electron chi connectivity index (χ1n) is 5.92. The second-order valence-electron chi connectivity index (χ2n) is 4.63. The van der Waals surface area contributed by atoms with Crippen LogP contribution in [0.2, 0.25) is 0 Å². The summed E-state index contributed by atoms with van der Waals surface area (Å²) in [7, 11) is 1.45. The van der Waals surface area contributed by atoms with Crippen molar-refractivity contribution in [3.05, 3.63) is 11.8 Å². The minimum atomic E-state index is -4.53. The number of aromatic nitrogens is 2. The fraction of sp³-hybridized carbons (Fsp3) is 0.636. The first-order valence-corrected chi connectivity index (χ1v) is 5.92. The molecule has 0 atom stereocenters. The Bertz CT molecular complexity index is 454. The molecular formula is C11H15F3N4O. The third-order valence-electron chi connectivity index (χ3n) is 3.25. The van der Waals surface area contributed by atoms with Crippen LogP contribution in [-0.2, 0) is 6.18 Å². The van der Waals surface area contributed by atoms with Crippen molar-refractivity contribution in [3.63, 3.8) is 0 Å². The van der Waals surface area contributed by atoms with Crippen LogP contribution in [0.5, 0.6) is 0 Å². The van der Waals surface area contributed by atoms with Crippen molar-refractivity contribution >= 4 is 11.8 Å². The van der Waals surface area contributed by atoms with Crippen LogP contribution in [0, 0.1) is 0 Å². The van der Waals surface area contributed by atoms with Crippen molar-refractivity contribution in [3.8, 4) is 0 Å². The number of alkyl halides is 3. The molecule has 1 aliphatic rings. The second-order valence-corrected chi connectivity index (χ2v) is 4.63. The Labute approximate surface area is 108 Å². The van der Waals surface area contributed by atoms with E-state index in [0.29, 0.717) is 12.8 Å². The van der Waals surface area contributed by atoms with Crippen LogP contribution in [0.25, 0.3) is 0 Å². The second kappa shape index (κ2) is 4.84. The van der Waals surface area contributed by atoms with Gasteiger partial charge in [-0.3, -0.25) is 0 Å². The molecule has 3 N–H and O–H groups in total. The molecule has 2 rings (SSSR count). The van der Waals surface area contributed by atoms with Gasteiger partial charge in [0.15, 0.2) is 5.69 Å². The van der Waals surface area contributed by atoms with Crippen molar-refractivity contribution in [2.24, 2.45) is 0 Å². The predicted molar refractivity (Wildman–Crippen MR) is 63.9 cm³/mol. The molecule has 8 heteroatoms. The van der Waals surface area contributed by atoms with Crippen LogP contribution >= 0.6 is 0 Å². The van der Waals surface area contributed by atoms with E-state index in [9.17, 15) is 18.3 Å². The van der Waals surface area contributed by atoms with E-state index in [1.807, 2.05) is 0 Å². The number of hydrogen-bond donors (Lipinski definition) is 3. The number of halogens is 3. The number of aliphatic hydroxyl groups is 1. The van der Waals surface area contributed by atoms with Gasteiger partial charge in [0.25, 0.3) is 0 Å². The van der Waals surface area contributed by atoms with E-state index in [-0.39, 0.29) is 18.4 Å². The van der Waals surface area contributed by atoms with Gasteiger partial charge < -0.3 is 15.7 Å². The van der Waals surface area contributed by atoms with Crippen molar-refractivity contribution < 1.29 is 18.3 Å². The van der Waals surface area contributed by atoms with Gasteiger partial charge in [-0.15, -0.1) is 0 Å². The molecule has 1 heterocycles. The first-order chi connectivity index (χ1) is 8.88. The maximum Gasteiger partial charge on any atom is 0.433 e. The van der Waals surface area contributed by atoms with Gasteiger partial charge in [-0.05, 0) is 19.3 Å². The van der Waals surface area contributed by atoms with Crippen molar-refractivity contribution in [1.29, 1.82) is 0 Å². The van der Waals surface area contributed by atoms with Crippen LogP contribution in [0.3, 0.4) is 0 Å². The van der Waals surface area contributed by atoms with Gasteiger partial charge >= 0.3 is 6.18 Å². The zero-order valence-electron chi connectivity index (χ0n) is 10.4. The van der Waals surface area contributed by atoms with Gasteiger partial charge in [0, 0.05) is 13.1 Å². The smallest absolute Gasteiger partial charge is 0.394 e. The fourth-order valence-corrected chi connectivity index (χ4v) is 1.97. The molecule has 0 amide bonds. The Morgan fingerprint density at radius 3 is 2.47 bits per heavy atom. The third-order valence-corrected chi connectivity index (χ3v) is 3.25. The van der Waals surface area contributed by atoms with E-state index in [1.54, 1.807) is 0 Å². The highest BCUT2D eigenvalue weighted by Gasteiger charge is 2.38. The van der Waals surface area contributed by atoms with Gasteiger partial charge in [0.05, 0.1) is 12.1 Å². The summed E-state index contributed by atoms with van der Waals surface area (Å²) in [5, 5.41) is 14.7. The van der Waals surface area contributed by atoms with E-state index in [4.69, 9.17) is 0 Å². The molecule has 1 aromatic rings. The van der Waals surface area contributed by atoms with Gasteiger partial charge in [-0.2, -0.15) is 18.2 Å². The monoisotopic (exact) mass is 276 g/mol. The molecule has 0 bridgehead atoms. The quantitative estimate of drug-likeness (QED) is 0.783. The average molecular weight is 276 g/mol. The van der Waals surface area contributed by atoms with Gasteiger partial charge in [0.2, 0.25) is 5.95 Å². The highest BCUT2D eigenvalue weighted by molar-refractivity contribution is 5.45. The number of aliphatic hydroxyl groups excluding tert-OH is 1. The van der Waals surface area contributed by atoms with Gasteiger partial charge in [-0.25, -0.2) is 4.98 Å². The largest absolute Gasteiger partial charge is 0.433 e. The van der Waals surface area contributed by atoms with Crippen LogP contribution in [0.1, 0.15) is 25.0 Å². The van der Waals surface area contributed by atoms with Crippen LogP contribution in [0.4, 0.5) is 24.9 Å². The highest BCUT2D eigenvalue weighted by atomic mass is 19.4. The van der Waals surface area contributed by atoms with Crippen molar-refractivity contribution in [1.82, 2.24) is 9.97 Å². The minimum Gasteiger partial charge on any atom is -0.394 e. The predicted octanol–water partition coefficient (Wildman–Crippen LogP) is 1.86. The average Bonchev–Trinajstić information content (AvgIpc) is 2.32. The maximum absolute atomic E-state index is 12.7. The molecule has 0 radical (unpaired) electrons. The van der Waals surface area contributed by atoms with E-state index < -0.39 is 17.4 Å². The maximum atomic E-state index is 12.7. The van der Waals surface area contributed by atoms with Crippen molar-refractivity contribution in [2.75, 3.05) is 24.3 Å². The number of hydrogen-bond acceptors (Lipinski definition) is 5. The summed E-state index contributed by atoms with van der Waals surface area (Å²) < 4.78 is 38.1. The molecule has 1 fully saturated rings. The SMILES string of the molecule is CNc1nc(NC2(CO)CCC2)cc(C(F)(F)F)n1. The molecule has 19 heavy (non-hydrogen) atoms. The molecular weight excluding hydrogens is 261 g/mol. The zero-order valence-corrected chi connectivity index (χ0v) is 10.4. The molecule has 1 aromatic heterocycles. The number of rotatable bonds is 4. The third kappa shape index (κ3) is 2.89. The van der Waals surface area contributed by atoms with E-state index in [0.717, 1.165) is 12.5 Å². The minimum absolute atomic E-state index is 0.0698. The summed E-state index contributed by atoms with van der Waals surface area (Å²) in [6.45, 7) is -0.132. The van der Waals surface area contributed by atoms with Gasteiger partial charge in [0.1, 0.15) is 5.82 Å². The Hall–Kier alpha value is -1.57.